The Balaban J connectivity index is 2.01. The fourth-order valence-electron chi connectivity index (χ4n) is 2.52. The molecule has 2 rings (SSSR count). The van der Waals surface area contributed by atoms with Crippen LogP contribution in [0.3, 0.4) is 0 Å². The number of nitrogen functional groups attached to an aromatic ring is 1. The van der Waals surface area contributed by atoms with Crippen molar-refractivity contribution < 1.29 is 17.9 Å². The van der Waals surface area contributed by atoms with E-state index in [2.05, 4.69) is 5.32 Å². The van der Waals surface area contributed by atoms with Crippen molar-refractivity contribution in [3.63, 3.8) is 0 Å². The summed E-state index contributed by atoms with van der Waals surface area (Å²) in [4.78, 5) is 11.9. The molecule has 0 bridgehead atoms. The minimum absolute atomic E-state index is 0.334. The van der Waals surface area contributed by atoms with E-state index < -0.39 is 21.5 Å². The van der Waals surface area contributed by atoms with Gasteiger partial charge in [0.1, 0.15) is 11.5 Å². The fourth-order valence-corrected chi connectivity index (χ4v) is 4.24. The van der Waals surface area contributed by atoms with Gasteiger partial charge in [-0.3, -0.25) is 4.79 Å². The Morgan fingerprint density at radius 2 is 2.05 bits per heavy atom. The van der Waals surface area contributed by atoms with E-state index in [1.54, 1.807) is 18.2 Å². The van der Waals surface area contributed by atoms with Crippen LogP contribution in [0, 0.1) is 0 Å². The molecule has 3 N–H and O–H groups in total. The van der Waals surface area contributed by atoms with E-state index in [0.717, 1.165) is 12.8 Å². The van der Waals surface area contributed by atoms with Crippen LogP contribution in [0.15, 0.2) is 18.2 Å². The molecule has 1 aromatic carbocycles. The number of carbonyl (C=O) groups is 1. The summed E-state index contributed by atoms with van der Waals surface area (Å²) in [7, 11) is -1.87. The first-order chi connectivity index (χ1) is 9.92. The standard InChI is InChI=1S/C14H20N2O4S/c1-20-10-6-7-13(12(15)8-10)16-14(17)9-21(18,19)11-4-2-3-5-11/h6-8,11H,2-5,9,15H2,1H3,(H,16,17). The molecular formula is C14H20N2O4S. The highest BCUT2D eigenvalue weighted by Gasteiger charge is 2.30. The third kappa shape index (κ3) is 3.87. The normalized spacial score (nSPS) is 15.9. The lowest BCUT2D eigenvalue weighted by molar-refractivity contribution is -0.113. The van der Waals surface area contributed by atoms with Crippen LogP contribution < -0.4 is 15.8 Å². The van der Waals surface area contributed by atoms with Gasteiger partial charge in [0, 0.05) is 6.07 Å². The number of nitrogens with two attached hydrogens (primary N) is 1. The molecule has 1 amide bonds. The van der Waals surface area contributed by atoms with Crippen molar-refractivity contribution in [2.24, 2.45) is 0 Å². The number of sulfone groups is 1. The number of carbonyl (C=O) groups excluding carboxylic acids is 1. The summed E-state index contributed by atoms with van der Waals surface area (Å²) in [6, 6.07) is 4.81. The van der Waals surface area contributed by atoms with Crippen LogP contribution in [0.5, 0.6) is 5.75 Å². The van der Waals surface area contributed by atoms with E-state index in [0.29, 0.717) is 30.0 Å². The molecule has 0 aliphatic heterocycles. The van der Waals surface area contributed by atoms with Crippen molar-refractivity contribution in [3.8, 4) is 5.75 Å². The molecule has 0 aromatic heterocycles. The Kier molecular flexibility index (Phi) is 4.72. The van der Waals surface area contributed by atoms with Gasteiger partial charge < -0.3 is 15.8 Å². The van der Waals surface area contributed by atoms with Crippen LogP contribution >= 0.6 is 0 Å². The van der Waals surface area contributed by atoms with Crippen molar-refractivity contribution in [3.05, 3.63) is 18.2 Å². The van der Waals surface area contributed by atoms with Crippen molar-refractivity contribution >= 4 is 27.1 Å². The zero-order valence-corrected chi connectivity index (χ0v) is 12.8. The topological polar surface area (TPSA) is 98.5 Å². The molecule has 0 radical (unpaired) electrons. The highest BCUT2D eigenvalue weighted by atomic mass is 32.2. The molecule has 116 valence electrons. The van der Waals surface area contributed by atoms with Gasteiger partial charge in [0.2, 0.25) is 5.91 Å². The largest absolute Gasteiger partial charge is 0.497 e. The lowest BCUT2D eigenvalue weighted by Crippen LogP contribution is -2.29. The second-order valence-electron chi connectivity index (χ2n) is 5.22. The number of amides is 1. The van der Waals surface area contributed by atoms with Crippen LogP contribution in [0.1, 0.15) is 25.7 Å². The first-order valence-corrected chi connectivity index (χ1v) is 8.59. The first kappa shape index (κ1) is 15.6. The van der Waals surface area contributed by atoms with Crippen LogP contribution in [0.25, 0.3) is 0 Å². The molecule has 1 aromatic rings. The van der Waals surface area contributed by atoms with Crippen LogP contribution in [0.2, 0.25) is 0 Å². The van der Waals surface area contributed by atoms with Gasteiger partial charge in [0.15, 0.2) is 9.84 Å². The number of methoxy groups -OCH3 is 1. The molecule has 1 aliphatic rings. The third-order valence-corrected chi connectivity index (χ3v) is 5.83. The van der Waals surface area contributed by atoms with E-state index in [1.165, 1.54) is 7.11 Å². The third-order valence-electron chi connectivity index (χ3n) is 3.68. The molecule has 1 aliphatic carbocycles. The summed E-state index contributed by atoms with van der Waals surface area (Å²) < 4.78 is 29.2. The van der Waals surface area contributed by atoms with E-state index in [-0.39, 0.29) is 5.25 Å². The van der Waals surface area contributed by atoms with Crippen LogP contribution in [-0.2, 0) is 14.6 Å². The summed E-state index contributed by atoms with van der Waals surface area (Å²) in [5, 5.41) is 2.16. The molecule has 21 heavy (non-hydrogen) atoms. The quantitative estimate of drug-likeness (QED) is 0.804. The van der Waals surface area contributed by atoms with Gasteiger partial charge in [0.25, 0.3) is 0 Å². The summed E-state index contributed by atoms with van der Waals surface area (Å²) >= 11 is 0. The number of anilines is 2. The Labute approximate surface area is 124 Å². The Morgan fingerprint density at radius 3 is 2.62 bits per heavy atom. The maximum absolute atomic E-state index is 12.1. The molecule has 0 heterocycles. The van der Waals surface area contributed by atoms with Crippen LogP contribution in [0.4, 0.5) is 11.4 Å². The lowest BCUT2D eigenvalue weighted by Gasteiger charge is -2.12. The number of rotatable bonds is 5. The number of ether oxygens (including phenoxy) is 1. The number of hydrogen-bond donors (Lipinski definition) is 2. The fraction of sp³-hybridized carbons (Fsp3) is 0.500. The Hall–Kier alpha value is -1.76. The minimum atomic E-state index is -3.38. The molecule has 1 fully saturated rings. The van der Waals surface area contributed by atoms with E-state index in [4.69, 9.17) is 10.5 Å². The summed E-state index contributed by atoms with van der Waals surface area (Å²) in [6.45, 7) is 0. The maximum Gasteiger partial charge on any atom is 0.239 e. The Bertz CT molecular complexity index is 622. The molecule has 6 nitrogen and oxygen atoms in total. The van der Waals surface area contributed by atoms with E-state index in [9.17, 15) is 13.2 Å². The van der Waals surface area contributed by atoms with Crippen molar-refractivity contribution in [1.29, 1.82) is 0 Å². The average Bonchev–Trinajstić information content (AvgIpc) is 2.95. The minimum Gasteiger partial charge on any atom is -0.497 e. The number of hydrogen-bond acceptors (Lipinski definition) is 5. The predicted molar refractivity (Wildman–Crippen MR) is 82.1 cm³/mol. The molecule has 7 heteroatoms. The zero-order valence-electron chi connectivity index (χ0n) is 12.0. The van der Waals surface area contributed by atoms with Gasteiger partial charge >= 0.3 is 0 Å². The molecule has 0 spiro atoms. The summed E-state index contributed by atoms with van der Waals surface area (Å²) in [6.07, 6.45) is 3.13. The SMILES string of the molecule is COc1ccc(NC(=O)CS(=O)(=O)C2CCCC2)c(N)c1. The molecule has 0 unspecified atom stereocenters. The molecule has 1 saturated carbocycles. The lowest BCUT2D eigenvalue weighted by atomic mass is 10.2. The van der Waals surface area contributed by atoms with Gasteiger partial charge in [-0.1, -0.05) is 12.8 Å². The average molecular weight is 312 g/mol. The predicted octanol–water partition coefficient (Wildman–Crippen LogP) is 1.57. The van der Waals surface area contributed by atoms with Gasteiger partial charge in [-0.05, 0) is 25.0 Å². The van der Waals surface area contributed by atoms with Gasteiger partial charge in [0.05, 0.1) is 23.7 Å². The number of nitrogens with one attached hydrogen (secondary N) is 1. The van der Waals surface area contributed by atoms with Crippen molar-refractivity contribution in [2.75, 3.05) is 23.9 Å². The van der Waals surface area contributed by atoms with Gasteiger partial charge in [-0.25, -0.2) is 8.42 Å². The van der Waals surface area contributed by atoms with E-state index >= 15 is 0 Å². The summed E-state index contributed by atoms with van der Waals surface area (Å²) in [5.74, 6) is -0.480. The van der Waals surface area contributed by atoms with Crippen molar-refractivity contribution in [2.45, 2.75) is 30.9 Å². The highest BCUT2D eigenvalue weighted by molar-refractivity contribution is 7.92. The van der Waals surface area contributed by atoms with Gasteiger partial charge in [-0.15, -0.1) is 0 Å². The zero-order chi connectivity index (χ0) is 15.5. The Morgan fingerprint density at radius 1 is 1.38 bits per heavy atom. The molecule has 0 atom stereocenters. The van der Waals surface area contributed by atoms with Crippen molar-refractivity contribution in [1.82, 2.24) is 0 Å². The van der Waals surface area contributed by atoms with E-state index in [1.807, 2.05) is 0 Å². The second-order valence-corrected chi connectivity index (χ2v) is 7.50. The highest BCUT2D eigenvalue weighted by Crippen LogP contribution is 2.26. The second kappa shape index (κ2) is 6.34. The number of benzene rings is 1. The van der Waals surface area contributed by atoms with Crippen LogP contribution in [-0.4, -0.2) is 32.4 Å². The summed E-state index contributed by atoms with van der Waals surface area (Å²) in [5.41, 5.74) is 6.51. The van der Waals surface area contributed by atoms with Gasteiger partial charge in [-0.2, -0.15) is 0 Å². The monoisotopic (exact) mass is 312 g/mol. The first-order valence-electron chi connectivity index (χ1n) is 6.87. The maximum atomic E-state index is 12.1. The smallest absolute Gasteiger partial charge is 0.239 e. The molecular weight excluding hydrogens is 292 g/mol. The molecule has 0 saturated heterocycles.